The Labute approximate surface area is 126 Å². The summed E-state index contributed by atoms with van der Waals surface area (Å²) in [7, 11) is 0. The van der Waals surface area contributed by atoms with Crippen LogP contribution in [-0.4, -0.2) is 34.9 Å². The minimum atomic E-state index is -4.25. The molecular formula is C14H21BrF3NO. The zero-order chi connectivity index (χ0) is 14.8. The van der Waals surface area contributed by atoms with Gasteiger partial charge < -0.3 is 4.90 Å². The molecule has 1 aliphatic heterocycles. The molecule has 0 aromatic rings. The number of carbonyl (C=O) groups is 1. The van der Waals surface area contributed by atoms with Crippen LogP contribution in [0.5, 0.6) is 0 Å². The summed E-state index contributed by atoms with van der Waals surface area (Å²) in [5, 5.41) is 0.655. The highest BCUT2D eigenvalue weighted by Gasteiger charge is 2.49. The highest BCUT2D eigenvalue weighted by Crippen LogP contribution is 2.42. The zero-order valence-corrected chi connectivity index (χ0v) is 13.0. The predicted molar refractivity (Wildman–Crippen MR) is 74.6 cm³/mol. The molecule has 1 saturated heterocycles. The summed E-state index contributed by atoms with van der Waals surface area (Å²) in [6.07, 6.45) is 0.389. The van der Waals surface area contributed by atoms with Crippen molar-refractivity contribution in [3.05, 3.63) is 0 Å². The lowest BCUT2D eigenvalue weighted by atomic mass is 9.77. The molecule has 0 aromatic heterocycles. The second-order valence-electron chi connectivity index (χ2n) is 5.87. The van der Waals surface area contributed by atoms with Crippen LogP contribution in [0, 0.1) is 11.8 Å². The molecule has 0 spiro atoms. The quantitative estimate of drug-likeness (QED) is 0.682. The number of rotatable bonds is 2. The summed E-state index contributed by atoms with van der Waals surface area (Å²) in [5.74, 6) is -2.57. The van der Waals surface area contributed by atoms with E-state index in [4.69, 9.17) is 0 Å². The maximum atomic E-state index is 13.1. The third kappa shape index (κ3) is 3.49. The molecule has 2 fully saturated rings. The molecule has 1 saturated carbocycles. The molecule has 1 aliphatic carbocycles. The van der Waals surface area contributed by atoms with Gasteiger partial charge in [0.2, 0.25) is 5.91 Å². The molecule has 0 aromatic carbocycles. The van der Waals surface area contributed by atoms with Crippen molar-refractivity contribution in [2.45, 2.75) is 57.2 Å². The minimum Gasteiger partial charge on any atom is -0.339 e. The van der Waals surface area contributed by atoms with Gasteiger partial charge in [-0.25, -0.2) is 0 Å². The van der Waals surface area contributed by atoms with Crippen molar-refractivity contribution in [2.24, 2.45) is 11.8 Å². The maximum absolute atomic E-state index is 13.1. The lowest BCUT2D eigenvalue weighted by molar-refractivity contribution is -0.201. The van der Waals surface area contributed by atoms with Gasteiger partial charge in [-0.2, -0.15) is 13.2 Å². The van der Waals surface area contributed by atoms with Crippen molar-refractivity contribution in [1.29, 1.82) is 0 Å². The van der Waals surface area contributed by atoms with E-state index in [9.17, 15) is 18.0 Å². The van der Waals surface area contributed by atoms with Gasteiger partial charge in [0.25, 0.3) is 0 Å². The fourth-order valence-corrected chi connectivity index (χ4v) is 4.16. The van der Waals surface area contributed by atoms with Crippen LogP contribution < -0.4 is 0 Å². The van der Waals surface area contributed by atoms with Crippen LogP contribution in [0.3, 0.4) is 0 Å². The van der Waals surface area contributed by atoms with Gasteiger partial charge in [0.05, 0.1) is 5.92 Å². The Hall–Kier alpha value is -0.260. The van der Waals surface area contributed by atoms with Crippen LogP contribution >= 0.6 is 15.9 Å². The number of amides is 1. The molecule has 2 rings (SSSR count). The molecule has 0 radical (unpaired) electrons. The van der Waals surface area contributed by atoms with Crippen molar-refractivity contribution >= 4 is 21.8 Å². The summed E-state index contributed by atoms with van der Waals surface area (Å²) in [6, 6.07) is 0.0621. The van der Waals surface area contributed by atoms with Crippen LogP contribution in [0.1, 0.15) is 44.9 Å². The standard InChI is InChI=1S/C14H21BrF3NO/c15-9-10-5-3-4-8-19(10)13(20)11-6-1-2-7-12(11)14(16,17)18/h10-12H,1-9H2. The Balaban J connectivity index is 2.12. The Kier molecular flexibility index (Phi) is 5.37. The van der Waals surface area contributed by atoms with E-state index in [1.54, 1.807) is 4.90 Å². The Morgan fingerprint density at radius 3 is 2.40 bits per heavy atom. The number of halogens is 4. The number of hydrogen-bond acceptors (Lipinski definition) is 1. The third-order valence-electron chi connectivity index (χ3n) is 4.59. The molecule has 2 nitrogen and oxygen atoms in total. The lowest BCUT2D eigenvalue weighted by Gasteiger charge is -2.40. The van der Waals surface area contributed by atoms with Gasteiger partial charge in [-0.15, -0.1) is 0 Å². The molecular weight excluding hydrogens is 335 g/mol. The molecule has 0 bridgehead atoms. The summed E-state index contributed by atoms with van der Waals surface area (Å²) in [4.78, 5) is 14.3. The monoisotopic (exact) mass is 355 g/mol. The highest BCUT2D eigenvalue weighted by atomic mass is 79.9. The molecule has 1 heterocycles. The van der Waals surface area contributed by atoms with E-state index in [2.05, 4.69) is 15.9 Å². The Morgan fingerprint density at radius 2 is 1.75 bits per heavy atom. The number of nitrogens with zero attached hydrogens (tertiary/aromatic N) is 1. The van der Waals surface area contributed by atoms with E-state index >= 15 is 0 Å². The Bertz CT molecular complexity index is 348. The van der Waals surface area contributed by atoms with Crippen LogP contribution in [0.15, 0.2) is 0 Å². The van der Waals surface area contributed by atoms with E-state index < -0.39 is 18.0 Å². The first-order chi connectivity index (χ1) is 9.45. The smallest absolute Gasteiger partial charge is 0.339 e. The third-order valence-corrected chi connectivity index (χ3v) is 5.34. The average molecular weight is 356 g/mol. The van der Waals surface area contributed by atoms with Gasteiger partial charge >= 0.3 is 6.18 Å². The number of likely N-dealkylation sites (tertiary alicyclic amines) is 1. The Morgan fingerprint density at radius 1 is 1.10 bits per heavy atom. The number of piperidine rings is 1. The summed E-state index contributed by atoms with van der Waals surface area (Å²) >= 11 is 3.38. The summed E-state index contributed by atoms with van der Waals surface area (Å²) in [5.41, 5.74) is 0. The van der Waals surface area contributed by atoms with Gasteiger partial charge in [-0.1, -0.05) is 28.8 Å². The van der Waals surface area contributed by atoms with Gasteiger partial charge in [-0.3, -0.25) is 4.79 Å². The van der Waals surface area contributed by atoms with Gasteiger partial charge in [0.1, 0.15) is 0 Å². The van der Waals surface area contributed by atoms with E-state index in [1.807, 2.05) is 0 Å². The number of alkyl halides is 4. The van der Waals surface area contributed by atoms with Crippen LogP contribution in [0.2, 0.25) is 0 Å². The summed E-state index contributed by atoms with van der Waals surface area (Å²) < 4.78 is 39.4. The largest absolute Gasteiger partial charge is 0.392 e. The van der Waals surface area contributed by atoms with Crippen molar-refractivity contribution < 1.29 is 18.0 Å². The second kappa shape index (κ2) is 6.67. The minimum absolute atomic E-state index is 0.0621. The van der Waals surface area contributed by atoms with Gasteiger partial charge in [0, 0.05) is 23.8 Å². The SMILES string of the molecule is O=C(C1CCCCC1C(F)(F)F)N1CCCCC1CBr. The van der Waals surface area contributed by atoms with Crippen LogP contribution in [-0.2, 0) is 4.79 Å². The number of hydrogen-bond donors (Lipinski definition) is 0. The molecule has 2 aliphatic rings. The number of carbonyl (C=O) groups excluding carboxylic acids is 1. The van der Waals surface area contributed by atoms with Crippen LogP contribution in [0.4, 0.5) is 13.2 Å². The fourth-order valence-electron chi connectivity index (χ4n) is 3.48. The van der Waals surface area contributed by atoms with E-state index in [0.29, 0.717) is 24.7 Å². The molecule has 3 atom stereocenters. The molecule has 116 valence electrons. The molecule has 0 N–H and O–H groups in total. The molecule has 1 amide bonds. The lowest BCUT2D eigenvalue weighted by Crippen LogP contribution is -2.50. The predicted octanol–water partition coefficient (Wildman–Crippen LogP) is 4.13. The van der Waals surface area contributed by atoms with Crippen molar-refractivity contribution in [3.8, 4) is 0 Å². The van der Waals surface area contributed by atoms with Crippen molar-refractivity contribution in [2.75, 3.05) is 11.9 Å². The van der Waals surface area contributed by atoms with Gasteiger partial charge in [-0.05, 0) is 32.1 Å². The molecule has 3 unspecified atom stereocenters. The average Bonchev–Trinajstić information content (AvgIpc) is 2.45. The summed E-state index contributed by atoms with van der Waals surface area (Å²) in [6.45, 7) is 0.607. The van der Waals surface area contributed by atoms with E-state index in [1.165, 1.54) is 0 Å². The first kappa shape index (κ1) is 16.1. The highest BCUT2D eigenvalue weighted by molar-refractivity contribution is 9.09. The van der Waals surface area contributed by atoms with E-state index in [0.717, 1.165) is 25.7 Å². The first-order valence-electron chi connectivity index (χ1n) is 7.38. The molecule has 20 heavy (non-hydrogen) atoms. The zero-order valence-electron chi connectivity index (χ0n) is 11.5. The fraction of sp³-hybridized carbons (Fsp3) is 0.929. The maximum Gasteiger partial charge on any atom is 0.392 e. The van der Waals surface area contributed by atoms with Crippen LogP contribution in [0.25, 0.3) is 0 Å². The topological polar surface area (TPSA) is 20.3 Å². The first-order valence-corrected chi connectivity index (χ1v) is 8.50. The molecule has 6 heteroatoms. The van der Waals surface area contributed by atoms with Crippen molar-refractivity contribution in [1.82, 2.24) is 4.90 Å². The van der Waals surface area contributed by atoms with E-state index in [-0.39, 0.29) is 18.4 Å². The van der Waals surface area contributed by atoms with Gasteiger partial charge in [0.15, 0.2) is 0 Å². The normalized spacial score (nSPS) is 32.2. The van der Waals surface area contributed by atoms with Crippen molar-refractivity contribution in [3.63, 3.8) is 0 Å². The second-order valence-corrected chi connectivity index (χ2v) is 6.52.